The van der Waals surface area contributed by atoms with Crippen LogP contribution in [0.5, 0.6) is 5.75 Å². The molecule has 0 bridgehead atoms. The fraction of sp³-hybridized carbons (Fsp3) is 0.417. The van der Waals surface area contributed by atoms with Gasteiger partial charge in [0.05, 0.1) is 7.11 Å². The van der Waals surface area contributed by atoms with E-state index in [-0.39, 0.29) is 11.8 Å². The first-order valence-corrected chi connectivity index (χ1v) is 10.7. The summed E-state index contributed by atoms with van der Waals surface area (Å²) in [6.07, 6.45) is 0.396. The van der Waals surface area contributed by atoms with Crippen molar-refractivity contribution in [3.8, 4) is 5.75 Å². The molecular weight excluding hydrogens is 416 g/mol. The normalized spacial score (nSPS) is 18.5. The second-order valence-electron chi connectivity index (χ2n) is 8.03. The Morgan fingerprint density at radius 1 is 1.19 bits per heavy atom. The summed E-state index contributed by atoms with van der Waals surface area (Å²) in [5, 5.41) is 0.610. The fourth-order valence-corrected chi connectivity index (χ4v) is 4.19. The van der Waals surface area contributed by atoms with E-state index in [4.69, 9.17) is 21.1 Å². The topological polar surface area (TPSA) is 59.1 Å². The largest absolute Gasteiger partial charge is 0.497 e. The Morgan fingerprint density at radius 3 is 2.52 bits per heavy atom. The van der Waals surface area contributed by atoms with Gasteiger partial charge in [-0.05, 0) is 74.9 Å². The van der Waals surface area contributed by atoms with Gasteiger partial charge < -0.3 is 19.3 Å². The van der Waals surface area contributed by atoms with Gasteiger partial charge in [-0.25, -0.2) is 0 Å². The SMILES string of the molecule is COc1ccc([C@H]2Cc3cc(Cl)ccc3N(CCCN(C)C)C(=O)[C@H]2OC(C)=O)cc1. The zero-order valence-electron chi connectivity index (χ0n) is 18.4. The maximum Gasteiger partial charge on any atom is 0.303 e. The molecule has 166 valence electrons. The third-order valence-electron chi connectivity index (χ3n) is 5.47. The van der Waals surface area contributed by atoms with E-state index in [1.165, 1.54) is 6.92 Å². The molecule has 0 saturated heterocycles. The number of rotatable bonds is 7. The summed E-state index contributed by atoms with van der Waals surface area (Å²) in [6, 6.07) is 13.1. The van der Waals surface area contributed by atoms with Crippen LogP contribution >= 0.6 is 11.6 Å². The number of amides is 1. The van der Waals surface area contributed by atoms with Crippen LogP contribution < -0.4 is 9.64 Å². The molecule has 1 heterocycles. The summed E-state index contributed by atoms with van der Waals surface area (Å²) in [5.41, 5.74) is 2.68. The number of methoxy groups -OCH3 is 1. The van der Waals surface area contributed by atoms with Crippen LogP contribution in [-0.2, 0) is 20.7 Å². The molecule has 0 fully saturated rings. The number of benzene rings is 2. The summed E-state index contributed by atoms with van der Waals surface area (Å²) in [7, 11) is 5.61. The number of esters is 1. The lowest BCUT2D eigenvalue weighted by Crippen LogP contribution is -2.44. The first-order valence-electron chi connectivity index (χ1n) is 10.4. The van der Waals surface area contributed by atoms with Gasteiger partial charge in [0.25, 0.3) is 5.91 Å². The van der Waals surface area contributed by atoms with Crippen LogP contribution in [0.1, 0.15) is 30.4 Å². The van der Waals surface area contributed by atoms with Gasteiger partial charge in [0.1, 0.15) is 5.75 Å². The number of anilines is 1. The summed E-state index contributed by atoms with van der Waals surface area (Å²) in [5.74, 6) is -0.301. The summed E-state index contributed by atoms with van der Waals surface area (Å²) < 4.78 is 10.9. The minimum atomic E-state index is -0.920. The van der Waals surface area contributed by atoms with Crippen molar-refractivity contribution in [3.05, 3.63) is 58.6 Å². The second kappa shape index (κ2) is 10.2. The van der Waals surface area contributed by atoms with Crippen molar-refractivity contribution in [2.24, 2.45) is 0 Å². The molecule has 1 amide bonds. The van der Waals surface area contributed by atoms with Crippen molar-refractivity contribution in [2.75, 3.05) is 39.2 Å². The molecule has 0 radical (unpaired) electrons. The smallest absolute Gasteiger partial charge is 0.303 e. The zero-order valence-corrected chi connectivity index (χ0v) is 19.2. The van der Waals surface area contributed by atoms with E-state index in [1.807, 2.05) is 50.5 Å². The minimum Gasteiger partial charge on any atom is -0.497 e. The maximum atomic E-state index is 13.7. The molecule has 1 aliphatic heterocycles. The van der Waals surface area contributed by atoms with E-state index in [0.717, 1.165) is 35.5 Å². The van der Waals surface area contributed by atoms with Gasteiger partial charge in [-0.15, -0.1) is 0 Å². The summed E-state index contributed by atoms with van der Waals surface area (Å²) in [6.45, 7) is 2.70. The Labute approximate surface area is 188 Å². The molecule has 0 N–H and O–H groups in total. The van der Waals surface area contributed by atoms with Crippen molar-refractivity contribution in [1.82, 2.24) is 4.90 Å². The Kier molecular flexibility index (Phi) is 7.57. The van der Waals surface area contributed by atoms with Gasteiger partial charge in [0.2, 0.25) is 0 Å². The van der Waals surface area contributed by atoms with Crippen molar-refractivity contribution < 1.29 is 19.1 Å². The highest BCUT2D eigenvalue weighted by molar-refractivity contribution is 6.30. The Balaban J connectivity index is 2.05. The average Bonchev–Trinajstić information content (AvgIpc) is 2.83. The van der Waals surface area contributed by atoms with Gasteiger partial charge in [0, 0.05) is 30.1 Å². The van der Waals surface area contributed by atoms with Crippen LogP contribution in [0.15, 0.2) is 42.5 Å². The number of fused-ring (bicyclic) bond motifs is 1. The molecule has 0 saturated carbocycles. The van der Waals surface area contributed by atoms with Crippen molar-refractivity contribution in [3.63, 3.8) is 0 Å². The van der Waals surface area contributed by atoms with Gasteiger partial charge in [-0.1, -0.05) is 23.7 Å². The molecule has 6 nitrogen and oxygen atoms in total. The number of carbonyl (C=O) groups is 2. The minimum absolute atomic E-state index is 0.212. The zero-order chi connectivity index (χ0) is 22.5. The van der Waals surface area contributed by atoms with E-state index >= 15 is 0 Å². The van der Waals surface area contributed by atoms with E-state index < -0.39 is 12.1 Å². The van der Waals surface area contributed by atoms with Gasteiger partial charge in [-0.3, -0.25) is 9.59 Å². The molecule has 0 unspecified atom stereocenters. The van der Waals surface area contributed by atoms with Crippen LogP contribution in [0.4, 0.5) is 5.69 Å². The molecular formula is C24H29ClN2O4. The van der Waals surface area contributed by atoms with Crippen LogP contribution in [0, 0.1) is 0 Å². The molecule has 0 aromatic heterocycles. The fourth-order valence-electron chi connectivity index (χ4n) is 4.00. The van der Waals surface area contributed by atoms with Crippen LogP contribution in [0.25, 0.3) is 0 Å². The molecule has 1 aliphatic rings. The Bertz CT molecular complexity index is 930. The van der Waals surface area contributed by atoms with Crippen molar-refractivity contribution in [2.45, 2.75) is 31.8 Å². The van der Waals surface area contributed by atoms with E-state index in [1.54, 1.807) is 18.1 Å². The van der Waals surface area contributed by atoms with Crippen LogP contribution in [0.2, 0.25) is 5.02 Å². The number of ether oxygens (including phenoxy) is 2. The lowest BCUT2D eigenvalue weighted by Gasteiger charge is -2.28. The molecule has 0 spiro atoms. The molecule has 0 aliphatic carbocycles. The summed E-state index contributed by atoms with van der Waals surface area (Å²) in [4.78, 5) is 29.5. The number of carbonyl (C=O) groups excluding carboxylic acids is 2. The molecule has 31 heavy (non-hydrogen) atoms. The molecule has 2 aromatic rings. The number of halogens is 1. The predicted molar refractivity (Wildman–Crippen MR) is 122 cm³/mol. The first kappa shape index (κ1) is 23.1. The standard InChI is InChI=1S/C24H29ClN2O4/c1-16(28)31-23-21(17-6-9-20(30-4)10-7-17)15-18-14-19(25)8-11-22(18)27(24(23)29)13-5-12-26(2)3/h6-11,14,21,23H,5,12-13,15H2,1-4H3/t21-,23+/m1/s1. The highest BCUT2D eigenvalue weighted by Crippen LogP contribution is 2.38. The van der Waals surface area contributed by atoms with Crippen LogP contribution in [0.3, 0.4) is 0 Å². The molecule has 2 atom stereocenters. The average molecular weight is 445 g/mol. The molecule has 7 heteroatoms. The van der Waals surface area contributed by atoms with Gasteiger partial charge >= 0.3 is 5.97 Å². The third-order valence-corrected chi connectivity index (χ3v) is 5.71. The lowest BCUT2D eigenvalue weighted by atomic mass is 9.87. The van der Waals surface area contributed by atoms with Gasteiger partial charge in [-0.2, -0.15) is 0 Å². The van der Waals surface area contributed by atoms with E-state index in [2.05, 4.69) is 4.90 Å². The number of hydrogen-bond donors (Lipinski definition) is 0. The molecule has 2 aromatic carbocycles. The predicted octanol–water partition coefficient (Wildman–Crippen LogP) is 3.90. The Morgan fingerprint density at radius 2 is 1.90 bits per heavy atom. The van der Waals surface area contributed by atoms with Crippen molar-refractivity contribution in [1.29, 1.82) is 0 Å². The third kappa shape index (κ3) is 5.57. The molecule has 3 rings (SSSR count). The maximum absolute atomic E-state index is 13.7. The van der Waals surface area contributed by atoms with Gasteiger partial charge in [0.15, 0.2) is 6.10 Å². The highest BCUT2D eigenvalue weighted by atomic mass is 35.5. The first-order chi connectivity index (χ1) is 14.8. The Hall–Kier alpha value is -2.57. The second-order valence-corrected chi connectivity index (χ2v) is 8.47. The van der Waals surface area contributed by atoms with Crippen LogP contribution in [-0.4, -0.2) is 57.2 Å². The van der Waals surface area contributed by atoms with Crippen molar-refractivity contribution >= 4 is 29.2 Å². The quantitative estimate of drug-likeness (QED) is 0.606. The monoisotopic (exact) mass is 444 g/mol. The van der Waals surface area contributed by atoms with E-state index in [9.17, 15) is 9.59 Å². The lowest BCUT2D eigenvalue weighted by molar-refractivity contribution is -0.154. The summed E-state index contributed by atoms with van der Waals surface area (Å²) >= 11 is 6.30. The van der Waals surface area contributed by atoms with E-state index in [0.29, 0.717) is 18.0 Å². The number of hydrogen-bond acceptors (Lipinski definition) is 5. The highest BCUT2D eigenvalue weighted by Gasteiger charge is 2.40. The number of nitrogens with zero attached hydrogens (tertiary/aromatic N) is 2.